The molecule has 2 atom stereocenters. The maximum Gasteiger partial charge on any atom is 0.269 e. The Morgan fingerprint density at radius 1 is 1.18 bits per heavy atom. The van der Waals surface area contributed by atoms with Crippen LogP contribution in [0.15, 0.2) is 48.5 Å². The molecule has 5 rings (SSSR count). The van der Waals surface area contributed by atoms with Crippen LogP contribution < -0.4 is 10.2 Å². The molecular weight excluding hydrogens is 458 g/mol. The fourth-order valence-corrected chi connectivity index (χ4v) is 5.37. The number of anilines is 1. The van der Waals surface area contributed by atoms with Crippen molar-refractivity contribution in [3.63, 3.8) is 0 Å². The van der Waals surface area contributed by atoms with E-state index in [0.717, 1.165) is 5.69 Å². The summed E-state index contributed by atoms with van der Waals surface area (Å²) in [6, 6.07) is 12.7. The van der Waals surface area contributed by atoms with Gasteiger partial charge in [0, 0.05) is 56.5 Å². The Bertz CT molecular complexity index is 1250. The molecule has 2 aromatic carbocycles. The van der Waals surface area contributed by atoms with Crippen molar-refractivity contribution in [1.82, 2.24) is 15.1 Å². The SMILES string of the molecule is CN1C(=O)[C@]2(Cc3cc([N+](=O)[O-])ccc3N3CCN(C(=O)c4ccccc4)C[C@@H]32)C(=O)NC1=S. The average molecular weight is 480 g/mol. The molecule has 0 radical (unpaired) electrons. The molecule has 3 heterocycles. The number of rotatable bonds is 2. The zero-order valence-electron chi connectivity index (χ0n) is 18.3. The second kappa shape index (κ2) is 7.87. The molecule has 2 saturated heterocycles. The van der Waals surface area contributed by atoms with Gasteiger partial charge in [-0.05, 0) is 36.0 Å². The minimum atomic E-state index is -1.59. The van der Waals surface area contributed by atoms with Crippen molar-refractivity contribution in [3.8, 4) is 0 Å². The van der Waals surface area contributed by atoms with Crippen LogP contribution in [0.25, 0.3) is 0 Å². The predicted molar refractivity (Wildman–Crippen MR) is 126 cm³/mol. The summed E-state index contributed by atoms with van der Waals surface area (Å²) in [5, 5.41) is 14.0. The quantitative estimate of drug-likeness (QED) is 0.299. The molecule has 1 spiro atoms. The first-order valence-electron chi connectivity index (χ1n) is 10.8. The third-order valence-corrected chi connectivity index (χ3v) is 7.30. The van der Waals surface area contributed by atoms with Gasteiger partial charge in [0.05, 0.1) is 11.0 Å². The molecule has 11 heteroatoms. The summed E-state index contributed by atoms with van der Waals surface area (Å²) >= 11 is 5.15. The lowest BCUT2D eigenvalue weighted by molar-refractivity contribution is -0.384. The van der Waals surface area contributed by atoms with Crippen molar-refractivity contribution >= 4 is 46.4 Å². The molecule has 174 valence electrons. The number of thiocarbonyl (C=S) groups is 1. The number of carbonyl (C=O) groups is 3. The molecule has 2 fully saturated rings. The highest BCUT2D eigenvalue weighted by molar-refractivity contribution is 7.80. The maximum absolute atomic E-state index is 13.7. The summed E-state index contributed by atoms with van der Waals surface area (Å²) in [6.07, 6.45) is -0.0316. The molecule has 0 saturated carbocycles. The highest BCUT2D eigenvalue weighted by Crippen LogP contribution is 2.46. The Morgan fingerprint density at radius 3 is 2.62 bits per heavy atom. The molecule has 1 N–H and O–H groups in total. The van der Waals surface area contributed by atoms with Crippen LogP contribution in [-0.4, -0.2) is 70.3 Å². The van der Waals surface area contributed by atoms with Crippen molar-refractivity contribution < 1.29 is 19.3 Å². The maximum atomic E-state index is 13.7. The molecule has 34 heavy (non-hydrogen) atoms. The summed E-state index contributed by atoms with van der Waals surface area (Å²) in [4.78, 5) is 56.0. The lowest BCUT2D eigenvalue weighted by Crippen LogP contribution is -2.74. The number of hydrogen-bond donors (Lipinski definition) is 1. The van der Waals surface area contributed by atoms with Gasteiger partial charge in [0.25, 0.3) is 11.6 Å². The van der Waals surface area contributed by atoms with Crippen LogP contribution in [0.5, 0.6) is 0 Å². The van der Waals surface area contributed by atoms with Gasteiger partial charge in [-0.3, -0.25) is 29.4 Å². The van der Waals surface area contributed by atoms with Gasteiger partial charge >= 0.3 is 0 Å². The number of benzene rings is 2. The van der Waals surface area contributed by atoms with Crippen LogP contribution in [0.3, 0.4) is 0 Å². The monoisotopic (exact) mass is 479 g/mol. The number of carbonyl (C=O) groups excluding carboxylic acids is 3. The van der Waals surface area contributed by atoms with Gasteiger partial charge in [0.15, 0.2) is 10.5 Å². The smallest absolute Gasteiger partial charge is 0.269 e. The van der Waals surface area contributed by atoms with Crippen LogP contribution in [-0.2, 0) is 16.0 Å². The fourth-order valence-electron chi connectivity index (χ4n) is 5.20. The first-order valence-corrected chi connectivity index (χ1v) is 11.2. The number of non-ortho nitro benzene ring substituents is 1. The molecule has 0 aromatic heterocycles. The van der Waals surface area contributed by atoms with Crippen molar-refractivity contribution in [2.24, 2.45) is 5.41 Å². The summed E-state index contributed by atoms with van der Waals surface area (Å²) in [5.74, 6) is -1.22. The topological polar surface area (TPSA) is 116 Å². The summed E-state index contributed by atoms with van der Waals surface area (Å²) in [6.45, 7) is 0.884. The van der Waals surface area contributed by atoms with Gasteiger partial charge in [0.1, 0.15) is 0 Å². The molecule has 0 bridgehead atoms. The Hall–Kier alpha value is -3.86. The Balaban J connectivity index is 1.61. The second-order valence-electron chi connectivity index (χ2n) is 8.67. The summed E-state index contributed by atoms with van der Waals surface area (Å²) in [7, 11) is 1.49. The standard InChI is InChI=1S/C23H21N5O5S/c1-25-21(31)23(20(30)24-22(25)34)12-15-11-16(28(32)33)7-8-17(15)27-10-9-26(13-18(23)27)19(29)14-5-3-2-4-6-14/h2-8,11,18H,9-10,12-13H2,1H3,(H,24,30,34)/t18-,23+/m1/s1. The molecule has 0 unspecified atom stereocenters. The van der Waals surface area contributed by atoms with E-state index in [1.807, 2.05) is 11.0 Å². The van der Waals surface area contributed by atoms with E-state index in [-0.39, 0.29) is 29.7 Å². The molecule has 2 aromatic rings. The normalized spacial score (nSPS) is 24.0. The van der Waals surface area contributed by atoms with E-state index in [4.69, 9.17) is 12.2 Å². The van der Waals surface area contributed by atoms with E-state index in [0.29, 0.717) is 24.2 Å². The predicted octanol–water partition coefficient (Wildman–Crippen LogP) is 1.34. The number of nitro benzene ring substituents is 1. The first kappa shape index (κ1) is 22.0. The zero-order chi connectivity index (χ0) is 24.2. The van der Waals surface area contributed by atoms with Crippen LogP contribution >= 0.6 is 12.2 Å². The van der Waals surface area contributed by atoms with E-state index in [9.17, 15) is 24.5 Å². The van der Waals surface area contributed by atoms with E-state index in [1.54, 1.807) is 35.2 Å². The number of nitro groups is 1. The van der Waals surface area contributed by atoms with E-state index in [1.165, 1.54) is 24.1 Å². The summed E-state index contributed by atoms with van der Waals surface area (Å²) < 4.78 is 0. The van der Waals surface area contributed by atoms with Crippen LogP contribution in [0.4, 0.5) is 11.4 Å². The largest absolute Gasteiger partial charge is 0.363 e. The molecule has 10 nitrogen and oxygen atoms in total. The van der Waals surface area contributed by atoms with E-state index >= 15 is 0 Å². The number of fused-ring (bicyclic) bond motifs is 4. The lowest BCUT2D eigenvalue weighted by atomic mass is 9.67. The van der Waals surface area contributed by atoms with Gasteiger partial charge in [0.2, 0.25) is 11.8 Å². The second-order valence-corrected chi connectivity index (χ2v) is 9.05. The van der Waals surface area contributed by atoms with Crippen molar-refractivity contribution in [3.05, 3.63) is 69.8 Å². The molecule has 3 aliphatic heterocycles. The molecule has 0 aliphatic carbocycles. The Kier molecular flexibility index (Phi) is 5.08. The third kappa shape index (κ3) is 3.15. The number of nitrogens with one attached hydrogen (secondary N) is 1. The average Bonchev–Trinajstić information content (AvgIpc) is 2.85. The van der Waals surface area contributed by atoms with Gasteiger partial charge in [-0.1, -0.05) is 18.2 Å². The number of amides is 3. The number of nitrogens with zero attached hydrogens (tertiary/aromatic N) is 4. The van der Waals surface area contributed by atoms with Gasteiger partial charge in [-0.2, -0.15) is 0 Å². The van der Waals surface area contributed by atoms with Crippen molar-refractivity contribution in [2.45, 2.75) is 12.5 Å². The number of piperazine rings is 1. The Morgan fingerprint density at radius 2 is 1.91 bits per heavy atom. The lowest BCUT2D eigenvalue weighted by Gasteiger charge is -2.55. The highest BCUT2D eigenvalue weighted by atomic mass is 32.1. The molecule has 3 amide bonds. The Labute approximate surface area is 200 Å². The van der Waals surface area contributed by atoms with Crippen LogP contribution in [0, 0.1) is 15.5 Å². The molecule has 3 aliphatic rings. The third-order valence-electron chi connectivity index (χ3n) is 6.93. The highest BCUT2D eigenvalue weighted by Gasteiger charge is 2.62. The van der Waals surface area contributed by atoms with Crippen molar-refractivity contribution in [1.29, 1.82) is 0 Å². The van der Waals surface area contributed by atoms with Crippen LogP contribution in [0.1, 0.15) is 15.9 Å². The van der Waals surface area contributed by atoms with Gasteiger partial charge in [-0.15, -0.1) is 0 Å². The minimum Gasteiger partial charge on any atom is -0.363 e. The fraction of sp³-hybridized carbons (Fsp3) is 0.304. The first-order chi connectivity index (χ1) is 16.2. The van der Waals surface area contributed by atoms with Crippen molar-refractivity contribution in [2.75, 3.05) is 31.6 Å². The minimum absolute atomic E-state index is 0.00467. The number of hydrogen-bond acceptors (Lipinski definition) is 7. The van der Waals surface area contributed by atoms with Crippen LogP contribution in [0.2, 0.25) is 0 Å². The van der Waals surface area contributed by atoms with E-state index in [2.05, 4.69) is 5.32 Å². The molecular formula is C23H21N5O5S. The van der Waals surface area contributed by atoms with Gasteiger partial charge < -0.3 is 15.1 Å². The zero-order valence-corrected chi connectivity index (χ0v) is 19.1. The van der Waals surface area contributed by atoms with Gasteiger partial charge in [-0.25, -0.2) is 0 Å². The van der Waals surface area contributed by atoms with E-state index < -0.39 is 28.2 Å². The summed E-state index contributed by atoms with van der Waals surface area (Å²) in [5.41, 5.74) is 0.0873.